The molecule has 0 heterocycles. The van der Waals surface area contributed by atoms with E-state index in [-0.39, 0.29) is 5.41 Å². The van der Waals surface area contributed by atoms with E-state index in [4.69, 9.17) is 0 Å². The van der Waals surface area contributed by atoms with E-state index >= 15 is 0 Å². The standard InChI is InChI=1S/C20H34O2/c1-17(13-21)7-4-8-18(2)16(17)6-5-14-11-15-12-20(14,18)10-9-19(15,3)22/h14-16,21-22H,4-13H2,1-3H3/t14-,15+,16-,17-,18-,19+,20-/m0/s1. The van der Waals surface area contributed by atoms with Crippen LogP contribution >= 0.6 is 0 Å². The molecule has 4 fully saturated rings. The molecule has 2 N–H and O–H groups in total. The van der Waals surface area contributed by atoms with Gasteiger partial charge >= 0.3 is 0 Å². The molecule has 4 saturated carbocycles. The topological polar surface area (TPSA) is 40.5 Å². The first-order valence-electron chi connectivity index (χ1n) is 9.61. The molecule has 0 saturated heterocycles. The highest BCUT2D eigenvalue weighted by molar-refractivity contribution is 5.17. The molecule has 2 bridgehead atoms. The molecule has 1 spiro atoms. The van der Waals surface area contributed by atoms with Gasteiger partial charge in [-0.15, -0.1) is 0 Å². The van der Waals surface area contributed by atoms with Gasteiger partial charge in [-0.25, -0.2) is 0 Å². The SMILES string of the molecule is C[C@@]1(CO)CCC[C@@]2(C)[C@H]1CC[C@H]1C[C@@H]3C[C@@]12CC[C@@]3(C)O. The molecular weight excluding hydrogens is 272 g/mol. The summed E-state index contributed by atoms with van der Waals surface area (Å²) in [7, 11) is 0. The quantitative estimate of drug-likeness (QED) is 0.764. The number of aliphatic hydroxyl groups excluding tert-OH is 1. The minimum absolute atomic E-state index is 0.130. The lowest BCUT2D eigenvalue weighted by Crippen LogP contribution is -2.59. The highest BCUT2D eigenvalue weighted by atomic mass is 16.3. The van der Waals surface area contributed by atoms with Crippen molar-refractivity contribution in [2.24, 2.45) is 34.0 Å². The molecule has 0 aromatic carbocycles. The van der Waals surface area contributed by atoms with Gasteiger partial charge in [0.15, 0.2) is 0 Å². The van der Waals surface area contributed by atoms with Gasteiger partial charge in [-0.3, -0.25) is 0 Å². The van der Waals surface area contributed by atoms with Gasteiger partial charge < -0.3 is 10.2 Å². The largest absolute Gasteiger partial charge is 0.396 e. The summed E-state index contributed by atoms with van der Waals surface area (Å²) in [6.07, 6.45) is 11.2. The summed E-state index contributed by atoms with van der Waals surface area (Å²) >= 11 is 0. The fourth-order valence-electron chi connectivity index (χ4n) is 7.90. The second kappa shape index (κ2) is 4.51. The molecule has 0 aliphatic heterocycles. The van der Waals surface area contributed by atoms with Gasteiger partial charge in [0.25, 0.3) is 0 Å². The molecule has 7 atom stereocenters. The minimum atomic E-state index is -0.427. The van der Waals surface area contributed by atoms with Crippen LogP contribution in [0, 0.1) is 34.0 Å². The lowest BCUT2D eigenvalue weighted by Gasteiger charge is -2.65. The molecule has 2 nitrogen and oxygen atoms in total. The van der Waals surface area contributed by atoms with Crippen LogP contribution in [0.25, 0.3) is 0 Å². The van der Waals surface area contributed by atoms with E-state index in [1.54, 1.807) is 0 Å². The molecule has 0 aromatic heterocycles. The number of fused-ring (bicyclic) bond motifs is 2. The number of rotatable bonds is 1. The fourth-order valence-corrected chi connectivity index (χ4v) is 7.90. The average molecular weight is 306 g/mol. The molecular formula is C20H34O2. The van der Waals surface area contributed by atoms with E-state index in [0.29, 0.717) is 29.3 Å². The summed E-state index contributed by atoms with van der Waals surface area (Å²) in [5.74, 6) is 2.02. The summed E-state index contributed by atoms with van der Waals surface area (Å²) in [5.41, 5.74) is 0.546. The summed E-state index contributed by atoms with van der Waals surface area (Å²) in [6.45, 7) is 7.35. The molecule has 0 radical (unpaired) electrons. The molecule has 22 heavy (non-hydrogen) atoms. The van der Waals surface area contributed by atoms with Crippen LogP contribution in [0.1, 0.15) is 78.6 Å². The van der Waals surface area contributed by atoms with Crippen molar-refractivity contribution in [3.05, 3.63) is 0 Å². The van der Waals surface area contributed by atoms with E-state index in [1.807, 2.05) is 0 Å². The monoisotopic (exact) mass is 306 g/mol. The first-order valence-corrected chi connectivity index (χ1v) is 9.61. The van der Waals surface area contributed by atoms with Crippen LogP contribution in [-0.4, -0.2) is 22.4 Å². The Morgan fingerprint density at radius 2 is 1.73 bits per heavy atom. The summed E-state index contributed by atoms with van der Waals surface area (Å²) in [4.78, 5) is 0. The zero-order chi connectivity index (χ0) is 15.8. The normalized spacial score (nSPS) is 60.7. The summed E-state index contributed by atoms with van der Waals surface area (Å²) in [6, 6.07) is 0. The average Bonchev–Trinajstić information content (AvgIpc) is 2.82. The van der Waals surface area contributed by atoms with Gasteiger partial charge in [0.1, 0.15) is 0 Å². The Labute approximate surface area is 135 Å². The van der Waals surface area contributed by atoms with E-state index in [0.717, 1.165) is 12.3 Å². The highest BCUT2D eigenvalue weighted by Gasteiger charge is 2.68. The Hall–Kier alpha value is -0.0800. The predicted octanol–water partition coefficient (Wildman–Crippen LogP) is 4.14. The van der Waals surface area contributed by atoms with Crippen LogP contribution < -0.4 is 0 Å². The number of hydrogen-bond donors (Lipinski definition) is 2. The van der Waals surface area contributed by atoms with E-state index in [1.165, 1.54) is 51.4 Å². The van der Waals surface area contributed by atoms with Crippen molar-refractivity contribution >= 4 is 0 Å². The second-order valence-corrected chi connectivity index (χ2v) is 10.1. The lowest BCUT2D eigenvalue weighted by atomic mass is 9.39. The van der Waals surface area contributed by atoms with E-state index in [9.17, 15) is 10.2 Å². The molecule has 0 unspecified atom stereocenters. The van der Waals surface area contributed by atoms with Gasteiger partial charge in [0.05, 0.1) is 5.60 Å². The molecule has 4 aliphatic rings. The van der Waals surface area contributed by atoms with Crippen LogP contribution in [0.4, 0.5) is 0 Å². The molecule has 126 valence electrons. The third-order valence-corrected chi connectivity index (χ3v) is 9.27. The lowest BCUT2D eigenvalue weighted by molar-refractivity contribution is -0.182. The first kappa shape index (κ1) is 15.4. The fraction of sp³-hybridized carbons (Fsp3) is 1.00. The van der Waals surface area contributed by atoms with E-state index in [2.05, 4.69) is 20.8 Å². The number of hydrogen-bond acceptors (Lipinski definition) is 2. The van der Waals surface area contributed by atoms with Crippen molar-refractivity contribution in [2.75, 3.05) is 6.61 Å². The zero-order valence-corrected chi connectivity index (χ0v) is 14.7. The summed E-state index contributed by atoms with van der Waals surface area (Å²) < 4.78 is 0. The van der Waals surface area contributed by atoms with Gasteiger partial charge in [0.2, 0.25) is 0 Å². The molecule has 0 amide bonds. The molecule has 2 heteroatoms. The molecule has 4 aliphatic carbocycles. The maximum atomic E-state index is 10.8. The predicted molar refractivity (Wildman–Crippen MR) is 88.4 cm³/mol. The Morgan fingerprint density at radius 1 is 0.955 bits per heavy atom. The van der Waals surface area contributed by atoms with E-state index < -0.39 is 5.60 Å². The summed E-state index contributed by atoms with van der Waals surface area (Å²) in [5, 5.41) is 20.9. The van der Waals surface area contributed by atoms with Crippen molar-refractivity contribution in [1.82, 2.24) is 0 Å². The Balaban J connectivity index is 1.76. The second-order valence-electron chi connectivity index (χ2n) is 10.1. The first-order chi connectivity index (χ1) is 10.3. The zero-order valence-electron chi connectivity index (χ0n) is 14.7. The third-order valence-electron chi connectivity index (χ3n) is 9.27. The maximum Gasteiger partial charge on any atom is 0.0648 e. The van der Waals surface area contributed by atoms with Crippen LogP contribution in [-0.2, 0) is 0 Å². The van der Waals surface area contributed by atoms with Crippen LogP contribution in [0.5, 0.6) is 0 Å². The van der Waals surface area contributed by atoms with Crippen molar-refractivity contribution in [2.45, 2.75) is 84.2 Å². The van der Waals surface area contributed by atoms with Crippen LogP contribution in [0.3, 0.4) is 0 Å². The maximum absolute atomic E-state index is 10.8. The van der Waals surface area contributed by atoms with Crippen molar-refractivity contribution in [1.29, 1.82) is 0 Å². The van der Waals surface area contributed by atoms with Crippen molar-refractivity contribution in [3.8, 4) is 0 Å². The Kier molecular flexibility index (Phi) is 3.16. The minimum Gasteiger partial charge on any atom is -0.396 e. The smallest absolute Gasteiger partial charge is 0.0648 e. The van der Waals surface area contributed by atoms with Gasteiger partial charge in [-0.1, -0.05) is 20.3 Å². The third kappa shape index (κ3) is 1.69. The van der Waals surface area contributed by atoms with Crippen molar-refractivity contribution < 1.29 is 10.2 Å². The number of aliphatic hydroxyl groups is 2. The van der Waals surface area contributed by atoms with Gasteiger partial charge in [0, 0.05) is 6.61 Å². The van der Waals surface area contributed by atoms with Gasteiger partial charge in [-0.2, -0.15) is 0 Å². The Bertz CT molecular complexity index is 472. The highest BCUT2D eigenvalue weighted by Crippen LogP contribution is 2.75. The molecule has 4 rings (SSSR count). The molecule has 0 aromatic rings. The van der Waals surface area contributed by atoms with Crippen LogP contribution in [0.2, 0.25) is 0 Å². The van der Waals surface area contributed by atoms with Crippen molar-refractivity contribution in [3.63, 3.8) is 0 Å². The van der Waals surface area contributed by atoms with Crippen LogP contribution in [0.15, 0.2) is 0 Å². The Morgan fingerprint density at radius 3 is 2.45 bits per heavy atom. The van der Waals surface area contributed by atoms with Gasteiger partial charge in [-0.05, 0) is 92.3 Å².